The van der Waals surface area contributed by atoms with Crippen LogP contribution in [-0.4, -0.2) is 21.3 Å². The lowest BCUT2D eigenvalue weighted by Crippen LogP contribution is -2.13. The molecule has 1 aliphatic rings. The fourth-order valence-electron chi connectivity index (χ4n) is 3.51. The van der Waals surface area contributed by atoms with Crippen LogP contribution in [0, 0.1) is 17.8 Å². The molecule has 0 aliphatic heterocycles. The van der Waals surface area contributed by atoms with E-state index in [1.165, 1.54) is 11.1 Å². The zero-order valence-electron chi connectivity index (χ0n) is 14.9. The molecule has 2 N–H and O–H groups in total. The van der Waals surface area contributed by atoms with Gasteiger partial charge in [-0.25, -0.2) is 4.98 Å². The Hall–Kier alpha value is -2.84. The molecule has 0 saturated carbocycles. The number of hydrogen-bond donors (Lipinski definition) is 1. The van der Waals surface area contributed by atoms with Gasteiger partial charge < -0.3 is 14.8 Å². The minimum atomic E-state index is 0.571. The third-order valence-corrected chi connectivity index (χ3v) is 4.90. The van der Waals surface area contributed by atoms with E-state index in [1.807, 2.05) is 18.5 Å². The van der Waals surface area contributed by atoms with Gasteiger partial charge >= 0.3 is 0 Å². The molecule has 5 nitrogen and oxygen atoms in total. The highest BCUT2D eigenvalue weighted by molar-refractivity contribution is 5.45. The number of hydrogen-bond acceptors (Lipinski definition) is 4. The Kier molecular flexibility index (Phi) is 4.59. The molecule has 0 fully saturated rings. The number of rotatable bonds is 4. The Balaban J connectivity index is 1.47. The van der Waals surface area contributed by atoms with Crippen LogP contribution in [0.15, 0.2) is 41.2 Å². The molecule has 1 aromatic carbocycles. The van der Waals surface area contributed by atoms with Crippen LogP contribution < -0.4 is 5.73 Å². The van der Waals surface area contributed by atoms with Crippen molar-refractivity contribution in [1.29, 1.82) is 0 Å². The van der Waals surface area contributed by atoms with Crippen LogP contribution in [0.2, 0.25) is 0 Å². The summed E-state index contributed by atoms with van der Waals surface area (Å²) in [6, 6.07) is 8.31. The van der Waals surface area contributed by atoms with Gasteiger partial charge in [-0.3, -0.25) is 0 Å². The summed E-state index contributed by atoms with van der Waals surface area (Å²) in [6.07, 6.45) is 6.79. The van der Waals surface area contributed by atoms with Crippen LogP contribution in [-0.2, 0) is 25.8 Å². The molecule has 1 unspecified atom stereocenters. The summed E-state index contributed by atoms with van der Waals surface area (Å²) in [5, 5.41) is 4.12. The molecule has 1 aliphatic carbocycles. The van der Waals surface area contributed by atoms with Gasteiger partial charge in [0, 0.05) is 30.4 Å². The lowest BCUT2D eigenvalue weighted by atomic mass is 10.1. The maximum Gasteiger partial charge on any atom is 0.210 e. The van der Waals surface area contributed by atoms with Crippen molar-refractivity contribution in [2.75, 3.05) is 6.54 Å². The van der Waals surface area contributed by atoms with E-state index in [0.717, 1.165) is 42.9 Å². The SMILES string of the molecule is CCc1nccn1Cc1cc(C#Cc2ccc3c(c2)CC(CN)C3)on1. The maximum absolute atomic E-state index is 5.80. The van der Waals surface area contributed by atoms with E-state index >= 15 is 0 Å². The van der Waals surface area contributed by atoms with Crippen LogP contribution in [0.5, 0.6) is 0 Å². The van der Waals surface area contributed by atoms with Crippen LogP contribution in [0.25, 0.3) is 0 Å². The van der Waals surface area contributed by atoms with Gasteiger partial charge in [-0.1, -0.05) is 24.1 Å². The number of nitrogens with two attached hydrogens (primary N) is 1. The van der Waals surface area contributed by atoms with Crippen molar-refractivity contribution in [3.63, 3.8) is 0 Å². The second-order valence-electron chi connectivity index (χ2n) is 6.75. The van der Waals surface area contributed by atoms with E-state index in [2.05, 4.69) is 51.7 Å². The molecule has 0 saturated heterocycles. The van der Waals surface area contributed by atoms with Crippen molar-refractivity contribution in [3.05, 3.63) is 70.6 Å². The molecule has 2 aromatic heterocycles. The molecule has 2 heterocycles. The van der Waals surface area contributed by atoms with Crippen LogP contribution in [0.1, 0.15) is 40.9 Å². The van der Waals surface area contributed by atoms with Crippen molar-refractivity contribution in [1.82, 2.24) is 14.7 Å². The first-order valence-electron chi connectivity index (χ1n) is 9.04. The monoisotopic (exact) mass is 346 g/mol. The van der Waals surface area contributed by atoms with Gasteiger partial charge in [-0.15, -0.1) is 0 Å². The number of benzene rings is 1. The first-order valence-corrected chi connectivity index (χ1v) is 9.04. The van der Waals surface area contributed by atoms with E-state index in [-0.39, 0.29) is 0 Å². The fourth-order valence-corrected chi connectivity index (χ4v) is 3.51. The maximum atomic E-state index is 5.80. The molecule has 132 valence electrons. The van der Waals surface area contributed by atoms with E-state index < -0.39 is 0 Å². The Morgan fingerprint density at radius 1 is 1.23 bits per heavy atom. The molecular formula is C21H22N4O. The molecule has 1 atom stereocenters. The summed E-state index contributed by atoms with van der Waals surface area (Å²) in [7, 11) is 0. The lowest BCUT2D eigenvalue weighted by molar-refractivity contribution is 0.401. The number of imidazole rings is 1. The smallest absolute Gasteiger partial charge is 0.210 e. The molecule has 3 aromatic rings. The standard InChI is InChI=1S/C21H22N4O/c1-2-21-23-7-8-25(21)14-19-12-20(26-24-19)6-4-15-3-5-17-10-16(13-22)11-18(17)9-15/h3,5,7-9,12,16H,2,10-11,13-14,22H2,1H3. The summed E-state index contributed by atoms with van der Waals surface area (Å²) < 4.78 is 7.43. The van der Waals surface area contributed by atoms with E-state index in [9.17, 15) is 0 Å². The first kappa shape index (κ1) is 16.6. The molecule has 4 rings (SSSR count). The molecule has 0 bridgehead atoms. The quantitative estimate of drug-likeness (QED) is 0.737. The van der Waals surface area contributed by atoms with Gasteiger partial charge in [0.1, 0.15) is 11.5 Å². The topological polar surface area (TPSA) is 69.9 Å². The zero-order chi connectivity index (χ0) is 17.9. The second-order valence-corrected chi connectivity index (χ2v) is 6.75. The molecule has 26 heavy (non-hydrogen) atoms. The number of aryl methyl sites for hydroxylation is 1. The van der Waals surface area contributed by atoms with E-state index in [1.54, 1.807) is 0 Å². The van der Waals surface area contributed by atoms with Crippen molar-refractivity contribution in [2.45, 2.75) is 32.7 Å². The van der Waals surface area contributed by atoms with Gasteiger partial charge in [0.25, 0.3) is 0 Å². The third-order valence-electron chi connectivity index (χ3n) is 4.90. The molecule has 0 radical (unpaired) electrons. The zero-order valence-corrected chi connectivity index (χ0v) is 14.9. The minimum absolute atomic E-state index is 0.571. The largest absolute Gasteiger partial charge is 0.347 e. The Morgan fingerprint density at radius 2 is 2.12 bits per heavy atom. The highest BCUT2D eigenvalue weighted by atomic mass is 16.5. The van der Waals surface area contributed by atoms with Crippen molar-refractivity contribution in [3.8, 4) is 11.8 Å². The average Bonchev–Trinajstić information content (AvgIpc) is 3.39. The third kappa shape index (κ3) is 3.42. The number of nitrogens with zero attached hydrogens (tertiary/aromatic N) is 3. The highest BCUT2D eigenvalue weighted by Crippen LogP contribution is 2.26. The summed E-state index contributed by atoms with van der Waals surface area (Å²) in [4.78, 5) is 4.32. The Morgan fingerprint density at radius 3 is 2.96 bits per heavy atom. The van der Waals surface area contributed by atoms with Crippen LogP contribution >= 0.6 is 0 Å². The number of fused-ring (bicyclic) bond motifs is 1. The van der Waals surface area contributed by atoms with Gasteiger partial charge in [0.15, 0.2) is 0 Å². The lowest BCUT2D eigenvalue weighted by Gasteiger charge is -2.02. The summed E-state index contributed by atoms with van der Waals surface area (Å²) in [6.45, 7) is 3.48. The Labute approximate surface area is 153 Å². The van der Waals surface area contributed by atoms with Gasteiger partial charge in [0.2, 0.25) is 5.76 Å². The number of aromatic nitrogens is 3. The van der Waals surface area contributed by atoms with Gasteiger partial charge in [-0.2, -0.15) is 0 Å². The van der Waals surface area contributed by atoms with Crippen molar-refractivity contribution in [2.24, 2.45) is 11.7 Å². The predicted molar refractivity (Wildman–Crippen MR) is 99.6 cm³/mol. The van der Waals surface area contributed by atoms with Gasteiger partial charge in [-0.05, 0) is 54.5 Å². The van der Waals surface area contributed by atoms with E-state index in [4.69, 9.17) is 10.3 Å². The first-order chi connectivity index (χ1) is 12.7. The minimum Gasteiger partial charge on any atom is -0.347 e. The molecule has 0 amide bonds. The predicted octanol–water partition coefficient (Wildman–Crippen LogP) is 2.56. The average molecular weight is 346 g/mol. The van der Waals surface area contributed by atoms with E-state index in [0.29, 0.717) is 18.2 Å². The normalized spacial score (nSPS) is 15.5. The summed E-state index contributed by atoms with van der Waals surface area (Å²) >= 11 is 0. The summed E-state index contributed by atoms with van der Waals surface area (Å²) in [5.74, 6) is 8.45. The van der Waals surface area contributed by atoms with Crippen LogP contribution in [0.4, 0.5) is 0 Å². The Bertz CT molecular complexity index is 973. The molecule has 0 spiro atoms. The van der Waals surface area contributed by atoms with Gasteiger partial charge in [0.05, 0.1) is 6.54 Å². The van der Waals surface area contributed by atoms with Crippen LogP contribution in [0.3, 0.4) is 0 Å². The highest BCUT2D eigenvalue weighted by Gasteiger charge is 2.19. The summed E-state index contributed by atoms with van der Waals surface area (Å²) in [5.41, 5.74) is 10.4. The van der Waals surface area contributed by atoms with Crippen molar-refractivity contribution >= 4 is 0 Å². The van der Waals surface area contributed by atoms with Crippen molar-refractivity contribution < 1.29 is 4.52 Å². The molecular weight excluding hydrogens is 324 g/mol. The fraction of sp³-hybridized carbons (Fsp3) is 0.333. The molecule has 5 heteroatoms. The second kappa shape index (κ2) is 7.19.